The van der Waals surface area contributed by atoms with Crippen molar-refractivity contribution in [3.63, 3.8) is 0 Å². The van der Waals surface area contributed by atoms with Gasteiger partial charge in [-0.1, -0.05) is 30.3 Å². The van der Waals surface area contributed by atoms with Gasteiger partial charge >= 0.3 is 6.09 Å². The molecule has 1 aromatic rings. The van der Waals surface area contributed by atoms with Gasteiger partial charge in [0.25, 0.3) is 0 Å². The summed E-state index contributed by atoms with van der Waals surface area (Å²) in [7, 11) is 0. The Labute approximate surface area is 96.8 Å². The maximum Gasteiger partial charge on any atom is 0.408 e. The number of hydrogen-bond acceptors (Lipinski definition) is 2. The molecule has 1 aromatic carbocycles. The lowest BCUT2D eigenvalue weighted by Gasteiger charge is -2.22. The summed E-state index contributed by atoms with van der Waals surface area (Å²) in [6, 6.07) is 9.26. The number of alkyl carbamates (subject to hydrolysis) is 1. The lowest BCUT2D eigenvalue weighted by molar-refractivity contribution is 0.0513. The van der Waals surface area contributed by atoms with Gasteiger partial charge in [0.05, 0.1) is 6.04 Å². The Morgan fingerprint density at radius 1 is 1.31 bits per heavy atom. The second-order valence-electron chi connectivity index (χ2n) is 4.61. The minimum atomic E-state index is -0.486. The number of ether oxygens (including phenoxy) is 1. The van der Waals surface area contributed by atoms with Crippen LogP contribution in [0.1, 0.15) is 32.4 Å². The van der Waals surface area contributed by atoms with Crippen molar-refractivity contribution >= 4 is 6.09 Å². The SMILES string of the molecule is [CH2]C(NC(=O)OC(C)(C)C)c1ccccc1. The average molecular weight is 220 g/mol. The van der Waals surface area contributed by atoms with Crippen molar-refractivity contribution in [1.29, 1.82) is 0 Å². The Kier molecular flexibility index (Phi) is 3.93. The van der Waals surface area contributed by atoms with Crippen molar-refractivity contribution in [3.8, 4) is 0 Å². The zero-order valence-corrected chi connectivity index (χ0v) is 9.99. The molecule has 1 radical (unpaired) electrons. The first-order valence-electron chi connectivity index (χ1n) is 5.26. The first-order valence-corrected chi connectivity index (χ1v) is 5.26. The van der Waals surface area contributed by atoms with Gasteiger partial charge in [-0.15, -0.1) is 0 Å². The van der Waals surface area contributed by atoms with Gasteiger partial charge in [-0.25, -0.2) is 4.79 Å². The first kappa shape index (κ1) is 12.6. The van der Waals surface area contributed by atoms with E-state index in [9.17, 15) is 4.79 Å². The van der Waals surface area contributed by atoms with E-state index < -0.39 is 11.7 Å². The lowest BCUT2D eigenvalue weighted by Crippen LogP contribution is -2.34. The Hall–Kier alpha value is -1.51. The number of nitrogens with one attached hydrogen (secondary N) is 1. The molecule has 0 aliphatic carbocycles. The summed E-state index contributed by atoms with van der Waals surface area (Å²) >= 11 is 0. The highest BCUT2D eigenvalue weighted by Crippen LogP contribution is 2.12. The molecule has 0 bridgehead atoms. The highest BCUT2D eigenvalue weighted by Gasteiger charge is 2.17. The summed E-state index contributed by atoms with van der Waals surface area (Å²) in [4.78, 5) is 11.5. The second kappa shape index (κ2) is 5.01. The van der Waals surface area contributed by atoms with Crippen molar-refractivity contribution in [2.24, 2.45) is 0 Å². The van der Waals surface area contributed by atoms with Crippen LogP contribution in [-0.4, -0.2) is 11.7 Å². The second-order valence-corrected chi connectivity index (χ2v) is 4.61. The molecule has 0 fully saturated rings. The molecule has 1 rings (SSSR count). The van der Waals surface area contributed by atoms with Gasteiger partial charge in [-0.2, -0.15) is 0 Å². The van der Waals surface area contributed by atoms with E-state index in [1.165, 1.54) is 0 Å². The van der Waals surface area contributed by atoms with E-state index in [2.05, 4.69) is 12.2 Å². The predicted molar refractivity (Wildman–Crippen MR) is 63.9 cm³/mol. The summed E-state index contributed by atoms with van der Waals surface area (Å²) in [5.74, 6) is 0. The monoisotopic (exact) mass is 220 g/mol. The third-order valence-corrected chi connectivity index (χ3v) is 1.89. The number of rotatable bonds is 2. The summed E-state index contributed by atoms with van der Waals surface area (Å²) in [6.07, 6.45) is -0.448. The number of carbonyl (C=O) groups is 1. The van der Waals surface area contributed by atoms with E-state index >= 15 is 0 Å². The molecule has 0 aliphatic rings. The van der Waals surface area contributed by atoms with Crippen LogP contribution < -0.4 is 5.32 Å². The van der Waals surface area contributed by atoms with Gasteiger partial charge in [-0.05, 0) is 33.3 Å². The number of amides is 1. The number of carbonyl (C=O) groups excluding carboxylic acids is 1. The first-order chi connectivity index (χ1) is 7.38. The van der Waals surface area contributed by atoms with E-state index in [-0.39, 0.29) is 6.04 Å². The quantitative estimate of drug-likeness (QED) is 0.831. The number of hydrogen-bond donors (Lipinski definition) is 1. The molecule has 1 N–H and O–H groups in total. The van der Waals surface area contributed by atoms with Crippen molar-refractivity contribution in [3.05, 3.63) is 42.8 Å². The predicted octanol–water partition coefficient (Wildman–Crippen LogP) is 3.09. The highest BCUT2D eigenvalue weighted by molar-refractivity contribution is 5.68. The van der Waals surface area contributed by atoms with Gasteiger partial charge in [0.2, 0.25) is 0 Å². The summed E-state index contributed by atoms with van der Waals surface area (Å²) in [6.45, 7) is 9.35. The maximum absolute atomic E-state index is 11.5. The largest absolute Gasteiger partial charge is 0.444 e. The molecule has 3 heteroatoms. The fourth-order valence-electron chi connectivity index (χ4n) is 1.22. The molecule has 0 aliphatic heterocycles. The standard InChI is InChI=1S/C13H18NO2/c1-10(11-8-6-5-7-9-11)14-12(15)16-13(2,3)4/h5-10H,1H2,2-4H3,(H,14,15). The van der Waals surface area contributed by atoms with Crippen LogP contribution in [0.5, 0.6) is 0 Å². The van der Waals surface area contributed by atoms with Crippen molar-refractivity contribution in [2.75, 3.05) is 0 Å². The lowest BCUT2D eigenvalue weighted by atomic mass is 10.1. The van der Waals surface area contributed by atoms with Gasteiger partial charge < -0.3 is 10.1 Å². The zero-order chi connectivity index (χ0) is 12.2. The summed E-state index contributed by atoms with van der Waals surface area (Å²) in [5.41, 5.74) is 0.467. The molecular formula is C13H18NO2. The molecule has 16 heavy (non-hydrogen) atoms. The molecule has 1 unspecified atom stereocenters. The van der Waals surface area contributed by atoms with E-state index in [1.54, 1.807) is 0 Å². The molecule has 0 heterocycles. The number of benzene rings is 1. The van der Waals surface area contributed by atoms with Crippen LogP contribution >= 0.6 is 0 Å². The topological polar surface area (TPSA) is 38.3 Å². The van der Waals surface area contributed by atoms with Crippen LogP contribution in [0.3, 0.4) is 0 Å². The van der Waals surface area contributed by atoms with Crippen LogP contribution in [0.2, 0.25) is 0 Å². The minimum Gasteiger partial charge on any atom is -0.444 e. The third kappa shape index (κ3) is 4.34. The molecule has 1 amide bonds. The Balaban J connectivity index is 2.52. The van der Waals surface area contributed by atoms with Crippen LogP contribution in [0, 0.1) is 6.92 Å². The summed E-state index contributed by atoms with van der Waals surface area (Å²) < 4.78 is 5.14. The minimum absolute atomic E-state index is 0.295. The van der Waals surface area contributed by atoms with Crippen molar-refractivity contribution < 1.29 is 9.53 Å². The third-order valence-electron chi connectivity index (χ3n) is 1.89. The van der Waals surface area contributed by atoms with Gasteiger partial charge in [0.1, 0.15) is 5.60 Å². The summed E-state index contributed by atoms with van der Waals surface area (Å²) in [5, 5.41) is 2.68. The molecule has 1 atom stereocenters. The fraction of sp³-hybridized carbons (Fsp3) is 0.385. The molecular weight excluding hydrogens is 202 g/mol. The van der Waals surface area contributed by atoms with Gasteiger partial charge in [-0.3, -0.25) is 0 Å². The molecule has 0 saturated heterocycles. The van der Waals surface area contributed by atoms with Crippen LogP contribution in [0.25, 0.3) is 0 Å². The Bertz CT molecular complexity index is 341. The molecule has 87 valence electrons. The van der Waals surface area contributed by atoms with Crippen LogP contribution in [0.4, 0.5) is 4.79 Å². The maximum atomic E-state index is 11.5. The molecule has 0 spiro atoms. The highest BCUT2D eigenvalue weighted by atomic mass is 16.6. The normalized spacial score (nSPS) is 13.0. The molecule has 0 saturated carbocycles. The fourth-order valence-corrected chi connectivity index (χ4v) is 1.22. The van der Waals surface area contributed by atoms with E-state index in [4.69, 9.17) is 4.74 Å². The Morgan fingerprint density at radius 2 is 1.88 bits per heavy atom. The average Bonchev–Trinajstić information content (AvgIpc) is 2.16. The molecule has 0 aromatic heterocycles. The van der Waals surface area contributed by atoms with Gasteiger partial charge in [0.15, 0.2) is 0 Å². The Morgan fingerprint density at radius 3 is 2.38 bits per heavy atom. The van der Waals surface area contributed by atoms with Crippen LogP contribution in [-0.2, 0) is 4.74 Å². The van der Waals surface area contributed by atoms with Crippen molar-refractivity contribution in [2.45, 2.75) is 32.4 Å². The molecule has 3 nitrogen and oxygen atoms in total. The van der Waals surface area contributed by atoms with Crippen LogP contribution in [0.15, 0.2) is 30.3 Å². The van der Waals surface area contributed by atoms with E-state index in [0.717, 1.165) is 5.56 Å². The van der Waals surface area contributed by atoms with Crippen molar-refractivity contribution in [1.82, 2.24) is 5.32 Å². The van der Waals surface area contributed by atoms with Gasteiger partial charge in [0, 0.05) is 0 Å². The van der Waals surface area contributed by atoms with E-state index in [0.29, 0.717) is 0 Å². The zero-order valence-electron chi connectivity index (χ0n) is 9.99. The smallest absolute Gasteiger partial charge is 0.408 e. The van der Waals surface area contributed by atoms with E-state index in [1.807, 2.05) is 51.1 Å².